The SMILES string of the molecule is CNC(CCN(CCCO)C1CCC1)c1ccc(F)cc1. The van der Waals surface area contributed by atoms with Gasteiger partial charge in [-0.1, -0.05) is 18.6 Å². The minimum atomic E-state index is -0.187. The van der Waals surface area contributed by atoms with Gasteiger partial charge in [0.05, 0.1) is 0 Å². The van der Waals surface area contributed by atoms with Crippen LogP contribution in [0.5, 0.6) is 0 Å². The van der Waals surface area contributed by atoms with Gasteiger partial charge in [-0.3, -0.25) is 0 Å². The normalized spacial score (nSPS) is 17.0. The van der Waals surface area contributed by atoms with Crippen LogP contribution in [0.25, 0.3) is 0 Å². The van der Waals surface area contributed by atoms with Gasteiger partial charge >= 0.3 is 0 Å². The predicted octanol–water partition coefficient (Wildman–Crippen LogP) is 2.71. The van der Waals surface area contributed by atoms with E-state index in [4.69, 9.17) is 5.11 Å². The lowest BCUT2D eigenvalue weighted by atomic mass is 9.90. The highest BCUT2D eigenvalue weighted by atomic mass is 19.1. The number of hydrogen-bond donors (Lipinski definition) is 2. The quantitative estimate of drug-likeness (QED) is 0.735. The minimum Gasteiger partial charge on any atom is -0.396 e. The summed E-state index contributed by atoms with van der Waals surface area (Å²) >= 11 is 0. The van der Waals surface area contributed by atoms with Gasteiger partial charge in [0.2, 0.25) is 0 Å². The van der Waals surface area contributed by atoms with E-state index in [0.29, 0.717) is 6.04 Å². The Hall–Kier alpha value is -0.970. The first kappa shape index (κ1) is 16.4. The second kappa shape index (κ2) is 8.47. The summed E-state index contributed by atoms with van der Waals surface area (Å²) in [6, 6.07) is 7.71. The van der Waals surface area contributed by atoms with Gasteiger partial charge in [-0.25, -0.2) is 4.39 Å². The van der Waals surface area contributed by atoms with Gasteiger partial charge in [0.25, 0.3) is 0 Å². The Morgan fingerprint density at radius 3 is 2.52 bits per heavy atom. The Balaban J connectivity index is 1.88. The lowest BCUT2D eigenvalue weighted by Gasteiger charge is -2.38. The molecule has 0 bridgehead atoms. The molecule has 4 heteroatoms. The van der Waals surface area contributed by atoms with Crippen LogP contribution in [0.1, 0.15) is 43.7 Å². The highest BCUT2D eigenvalue weighted by Crippen LogP contribution is 2.26. The van der Waals surface area contributed by atoms with Crippen LogP contribution in [-0.2, 0) is 0 Å². The molecule has 1 aromatic carbocycles. The van der Waals surface area contributed by atoms with E-state index in [9.17, 15) is 4.39 Å². The molecule has 0 saturated heterocycles. The van der Waals surface area contributed by atoms with Crippen molar-refractivity contribution in [1.82, 2.24) is 10.2 Å². The predicted molar refractivity (Wildman–Crippen MR) is 83.7 cm³/mol. The molecule has 1 fully saturated rings. The Morgan fingerprint density at radius 1 is 1.29 bits per heavy atom. The first-order valence-electron chi connectivity index (χ1n) is 8.02. The van der Waals surface area contributed by atoms with Crippen LogP contribution in [0.3, 0.4) is 0 Å². The standard InChI is InChI=1S/C17H27FN2O/c1-19-17(14-6-8-15(18)9-7-14)10-12-20(11-3-13-21)16-4-2-5-16/h6-9,16-17,19,21H,2-5,10-13H2,1H3. The molecule has 1 aliphatic carbocycles. The summed E-state index contributed by atoms with van der Waals surface area (Å²) in [5.41, 5.74) is 1.13. The van der Waals surface area contributed by atoms with E-state index >= 15 is 0 Å². The molecule has 3 nitrogen and oxygen atoms in total. The highest BCUT2D eigenvalue weighted by molar-refractivity contribution is 5.19. The molecule has 1 atom stereocenters. The third-order valence-electron chi connectivity index (χ3n) is 4.52. The van der Waals surface area contributed by atoms with Gasteiger partial charge in [-0.05, 0) is 50.4 Å². The molecule has 21 heavy (non-hydrogen) atoms. The van der Waals surface area contributed by atoms with Crippen LogP contribution in [-0.4, -0.2) is 42.8 Å². The second-order valence-corrected chi connectivity index (χ2v) is 5.88. The van der Waals surface area contributed by atoms with Crippen molar-refractivity contribution in [3.63, 3.8) is 0 Å². The summed E-state index contributed by atoms with van der Waals surface area (Å²) in [4.78, 5) is 2.51. The largest absolute Gasteiger partial charge is 0.396 e. The molecule has 2 rings (SSSR count). The molecule has 1 aromatic rings. The van der Waals surface area contributed by atoms with E-state index in [0.717, 1.165) is 31.5 Å². The van der Waals surface area contributed by atoms with E-state index in [-0.39, 0.29) is 18.5 Å². The molecule has 0 spiro atoms. The summed E-state index contributed by atoms with van der Waals surface area (Å²) in [6.07, 6.45) is 5.74. The zero-order valence-corrected chi connectivity index (χ0v) is 12.9. The van der Waals surface area contributed by atoms with Crippen molar-refractivity contribution in [2.45, 2.75) is 44.2 Å². The van der Waals surface area contributed by atoms with Crippen LogP contribution >= 0.6 is 0 Å². The van der Waals surface area contributed by atoms with Gasteiger partial charge in [0.15, 0.2) is 0 Å². The molecule has 2 N–H and O–H groups in total. The van der Waals surface area contributed by atoms with Gasteiger partial charge in [-0.2, -0.15) is 0 Å². The molecular weight excluding hydrogens is 267 g/mol. The molecule has 0 aromatic heterocycles. The maximum absolute atomic E-state index is 13.0. The van der Waals surface area contributed by atoms with E-state index in [1.54, 1.807) is 0 Å². The zero-order valence-electron chi connectivity index (χ0n) is 12.9. The van der Waals surface area contributed by atoms with Crippen molar-refractivity contribution in [1.29, 1.82) is 0 Å². The Labute approximate surface area is 127 Å². The Morgan fingerprint density at radius 2 is 2.00 bits per heavy atom. The summed E-state index contributed by atoms with van der Waals surface area (Å²) in [5.74, 6) is -0.187. The van der Waals surface area contributed by atoms with Gasteiger partial charge in [0.1, 0.15) is 5.82 Å². The van der Waals surface area contributed by atoms with Crippen LogP contribution in [0.4, 0.5) is 4.39 Å². The lowest BCUT2D eigenvalue weighted by Crippen LogP contribution is -2.42. The minimum absolute atomic E-state index is 0.187. The topological polar surface area (TPSA) is 35.5 Å². The lowest BCUT2D eigenvalue weighted by molar-refractivity contribution is 0.112. The third kappa shape index (κ3) is 4.77. The maximum Gasteiger partial charge on any atom is 0.123 e. The first-order valence-corrected chi connectivity index (χ1v) is 8.02. The Kier molecular flexibility index (Phi) is 6.61. The van der Waals surface area contributed by atoms with Crippen LogP contribution in [0.2, 0.25) is 0 Å². The zero-order chi connectivity index (χ0) is 15.1. The smallest absolute Gasteiger partial charge is 0.123 e. The number of aliphatic hydroxyl groups is 1. The van der Waals surface area contributed by atoms with Gasteiger partial charge in [0, 0.05) is 31.8 Å². The fourth-order valence-corrected chi connectivity index (χ4v) is 2.97. The molecule has 0 amide bonds. The molecular formula is C17H27FN2O. The van der Waals surface area contributed by atoms with Crippen LogP contribution in [0.15, 0.2) is 24.3 Å². The second-order valence-electron chi connectivity index (χ2n) is 5.88. The molecule has 1 aliphatic rings. The van der Waals surface area contributed by atoms with E-state index in [1.165, 1.54) is 31.4 Å². The number of halogens is 1. The average Bonchev–Trinajstić information content (AvgIpc) is 2.44. The summed E-state index contributed by atoms with van der Waals surface area (Å²) in [6.45, 7) is 2.26. The van der Waals surface area contributed by atoms with Crippen LogP contribution < -0.4 is 5.32 Å². The summed E-state index contributed by atoms with van der Waals surface area (Å²) < 4.78 is 13.0. The number of aliphatic hydroxyl groups excluding tert-OH is 1. The van der Waals surface area contributed by atoms with Crippen molar-refractivity contribution >= 4 is 0 Å². The average molecular weight is 294 g/mol. The molecule has 118 valence electrons. The fraction of sp³-hybridized carbons (Fsp3) is 0.647. The van der Waals surface area contributed by atoms with Crippen molar-refractivity contribution in [3.05, 3.63) is 35.6 Å². The monoisotopic (exact) mass is 294 g/mol. The summed E-state index contributed by atoms with van der Waals surface area (Å²) in [5, 5.41) is 12.4. The van der Waals surface area contributed by atoms with Crippen LogP contribution in [0, 0.1) is 5.82 Å². The number of hydrogen-bond acceptors (Lipinski definition) is 3. The third-order valence-corrected chi connectivity index (χ3v) is 4.52. The van der Waals surface area contributed by atoms with Crippen molar-refractivity contribution < 1.29 is 9.50 Å². The van der Waals surface area contributed by atoms with E-state index in [1.807, 2.05) is 19.2 Å². The molecule has 1 unspecified atom stereocenters. The molecule has 1 saturated carbocycles. The number of benzene rings is 1. The van der Waals surface area contributed by atoms with E-state index < -0.39 is 0 Å². The van der Waals surface area contributed by atoms with Gasteiger partial charge in [-0.15, -0.1) is 0 Å². The van der Waals surface area contributed by atoms with E-state index in [2.05, 4.69) is 10.2 Å². The molecule has 0 aliphatic heterocycles. The first-order chi connectivity index (χ1) is 10.2. The molecule has 0 heterocycles. The number of nitrogens with zero attached hydrogens (tertiary/aromatic N) is 1. The number of rotatable bonds is 9. The molecule has 0 radical (unpaired) electrons. The van der Waals surface area contributed by atoms with Crippen molar-refractivity contribution in [2.75, 3.05) is 26.7 Å². The highest BCUT2D eigenvalue weighted by Gasteiger charge is 2.25. The van der Waals surface area contributed by atoms with Crippen molar-refractivity contribution in [3.8, 4) is 0 Å². The fourth-order valence-electron chi connectivity index (χ4n) is 2.97. The maximum atomic E-state index is 13.0. The van der Waals surface area contributed by atoms with Crippen molar-refractivity contribution in [2.24, 2.45) is 0 Å². The Bertz CT molecular complexity index is 406. The van der Waals surface area contributed by atoms with Gasteiger partial charge < -0.3 is 15.3 Å². The summed E-state index contributed by atoms with van der Waals surface area (Å²) in [7, 11) is 1.95. The number of nitrogens with one attached hydrogen (secondary N) is 1.